The Kier molecular flexibility index (Phi) is 6.14. The molecule has 0 aliphatic heterocycles. The minimum atomic E-state index is -2.89. The molecule has 3 N–H and O–H groups in total. The van der Waals surface area contributed by atoms with Crippen molar-refractivity contribution >= 4 is 21.6 Å². The smallest absolute Gasteiger partial charge is 0.147 e. The van der Waals surface area contributed by atoms with Gasteiger partial charge in [-0.25, -0.2) is 8.42 Å². The second-order valence-corrected chi connectivity index (χ2v) is 7.40. The van der Waals surface area contributed by atoms with Crippen molar-refractivity contribution in [1.29, 1.82) is 0 Å². The normalized spacial score (nSPS) is 13.5. The van der Waals surface area contributed by atoms with Gasteiger partial charge in [-0.2, -0.15) is 0 Å². The summed E-state index contributed by atoms with van der Waals surface area (Å²) in [7, 11) is -2.89. The highest BCUT2D eigenvalue weighted by atomic mass is 32.2. The lowest BCUT2D eigenvalue weighted by atomic mass is 10.0. The number of nitrogens with two attached hydrogens (primary N) is 1. The first-order valence-corrected chi connectivity index (χ1v) is 9.02. The third kappa shape index (κ3) is 5.39. The quantitative estimate of drug-likeness (QED) is 0.454. The minimum absolute atomic E-state index is 0.00246. The van der Waals surface area contributed by atoms with Gasteiger partial charge in [-0.05, 0) is 36.8 Å². The van der Waals surface area contributed by atoms with Crippen molar-refractivity contribution in [1.82, 2.24) is 5.43 Å². The van der Waals surface area contributed by atoms with E-state index < -0.39 is 9.84 Å². The Morgan fingerprint density at radius 2 is 1.94 bits per heavy atom. The van der Waals surface area contributed by atoms with Crippen LogP contribution in [0.2, 0.25) is 0 Å². The first-order valence-electron chi connectivity index (χ1n) is 5.74. The van der Waals surface area contributed by atoms with Gasteiger partial charge < -0.3 is 0 Å². The number of hydrogen-bond acceptors (Lipinski definition) is 5. The molecule has 0 saturated heterocycles. The van der Waals surface area contributed by atoms with Gasteiger partial charge in [0.05, 0.1) is 0 Å². The molecule has 1 rings (SSSR count). The molecule has 1 aromatic rings. The van der Waals surface area contributed by atoms with E-state index in [0.29, 0.717) is 12.8 Å². The second-order valence-electron chi connectivity index (χ2n) is 4.26. The van der Waals surface area contributed by atoms with E-state index in [1.54, 1.807) is 11.8 Å². The molecule has 1 unspecified atom stereocenters. The van der Waals surface area contributed by atoms with Crippen LogP contribution in [0.4, 0.5) is 0 Å². The summed E-state index contributed by atoms with van der Waals surface area (Å²) in [6.07, 6.45) is 4.60. The van der Waals surface area contributed by atoms with Gasteiger partial charge in [0.25, 0.3) is 0 Å². The van der Waals surface area contributed by atoms with Gasteiger partial charge in [-0.3, -0.25) is 11.3 Å². The molecule has 0 aromatic heterocycles. The third-order valence-electron chi connectivity index (χ3n) is 2.73. The molecule has 1 atom stereocenters. The molecule has 0 radical (unpaired) electrons. The van der Waals surface area contributed by atoms with E-state index in [1.165, 1.54) is 11.2 Å². The van der Waals surface area contributed by atoms with E-state index in [1.807, 2.05) is 30.5 Å². The Morgan fingerprint density at radius 1 is 1.33 bits per heavy atom. The number of benzene rings is 1. The topological polar surface area (TPSA) is 72.2 Å². The lowest BCUT2D eigenvalue weighted by molar-refractivity contribution is 0.507. The van der Waals surface area contributed by atoms with Crippen molar-refractivity contribution in [3.05, 3.63) is 29.8 Å². The van der Waals surface area contributed by atoms with Gasteiger partial charge in [0.1, 0.15) is 9.84 Å². The van der Waals surface area contributed by atoms with E-state index in [-0.39, 0.29) is 11.8 Å². The second kappa shape index (κ2) is 7.13. The highest BCUT2D eigenvalue weighted by Crippen LogP contribution is 2.21. The zero-order chi connectivity index (χ0) is 13.6. The summed E-state index contributed by atoms with van der Waals surface area (Å²) < 4.78 is 22.1. The van der Waals surface area contributed by atoms with Crippen molar-refractivity contribution < 1.29 is 8.42 Å². The van der Waals surface area contributed by atoms with Crippen LogP contribution < -0.4 is 11.3 Å². The van der Waals surface area contributed by atoms with Crippen LogP contribution in [0.15, 0.2) is 29.2 Å². The maximum absolute atomic E-state index is 11.1. The van der Waals surface area contributed by atoms with E-state index >= 15 is 0 Å². The largest absolute Gasteiger partial charge is 0.271 e. The Labute approximate surface area is 113 Å². The molecule has 0 aliphatic rings. The molecule has 4 nitrogen and oxygen atoms in total. The van der Waals surface area contributed by atoms with Gasteiger partial charge in [-0.15, -0.1) is 11.8 Å². The van der Waals surface area contributed by atoms with Crippen LogP contribution in [-0.4, -0.2) is 26.7 Å². The maximum atomic E-state index is 11.1. The van der Waals surface area contributed by atoms with Crippen molar-refractivity contribution in [3.8, 4) is 0 Å². The fourth-order valence-corrected chi connectivity index (χ4v) is 2.83. The molecule has 0 saturated carbocycles. The summed E-state index contributed by atoms with van der Waals surface area (Å²) in [6, 6.07) is 8.14. The summed E-state index contributed by atoms with van der Waals surface area (Å²) in [5.41, 5.74) is 3.83. The zero-order valence-electron chi connectivity index (χ0n) is 10.7. The van der Waals surface area contributed by atoms with Crippen LogP contribution >= 0.6 is 11.8 Å². The molecule has 6 heteroatoms. The summed E-state index contributed by atoms with van der Waals surface area (Å²) in [5.74, 6) is 5.72. The number of rotatable bonds is 7. The molecule has 0 heterocycles. The zero-order valence-corrected chi connectivity index (χ0v) is 12.4. The average Bonchev–Trinajstić information content (AvgIpc) is 2.34. The molecule has 1 aromatic carbocycles. The number of nitrogens with one attached hydrogen (secondary N) is 1. The Balaban J connectivity index is 2.59. The Bertz CT molecular complexity index is 457. The Hall–Kier alpha value is -0.560. The van der Waals surface area contributed by atoms with Gasteiger partial charge in [0.2, 0.25) is 0 Å². The van der Waals surface area contributed by atoms with Crippen LogP contribution in [0.5, 0.6) is 0 Å². The van der Waals surface area contributed by atoms with Crippen LogP contribution in [0, 0.1) is 0 Å². The van der Waals surface area contributed by atoms with Crippen molar-refractivity contribution in [3.63, 3.8) is 0 Å². The first kappa shape index (κ1) is 15.5. The lowest BCUT2D eigenvalue weighted by Crippen LogP contribution is -2.28. The highest BCUT2D eigenvalue weighted by Gasteiger charge is 2.11. The molecule has 0 spiro atoms. The van der Waals surface area contributed by atoms with Crippen LogP contribution in [0.1, 0.15) is 24.4 Å². The van der Waals surface area contributed by atoms with Crippen molar-refractivity contribution in [2.75, 3.05) is 18.3 Å². The molecule has 0 bridgehead atoms. The molecule has 0 fully saturated rings. The lowest BCUT2D eigenvalue weighted by Gasteiger charge is -2.16. The first-order chi connectivity index (χ1) is 8.46. The molecule has 0 amide bonds. The van der Waals surface area contributed by atoms with Gasteiger partial charge in [0, 0.05) is 22.9 Å². The number of hydrazine groups is 1. The van der Waals surface area contributed by atoms with Gasteiger partial charge in [0.15, 0.2) is 0 Å². The van der Waals surface area contributed by atoms with Crippen molar-refractivity contribution in [2.45, 2.75) is 23.8 Å². The van der Waals surface area contributed by atoms with Gasteiger partial charge in [-0.1, -0.05) is 12.1 Å². The highest BCUT2D eigenvalue weighted by molar-refractivity contribution is 7.98. The SMILES string of the molecule is CSc1ccc(C(CCCS(C)(=O)=O)NN)cc1. The van der Waals surface area contributed by atoms with E-state index in [0.717, 1.165) is 5.56 Å². The third-order valence-corrected chi connectivity index (χ3v) is 4.50. The van der Waals surface area contributed by atoms with Crippen LogP contribution in [0.25, 0.3) is 0 Å². The number of hydrogen-bond donors (Lipinski definition) is 2. The summed E-state index contributed by atoms with van der Waals surface area (Å²) in [6.45, 7) is 0. The van der Waals surface area contributed by atoms with E-state index in [4.69, 9.17) is 5.84 Å². The molecule has 18 heavy (non-hydrogen) atoms. The predicted octanol–water partition coefficient (Wildman–Crippen LogP) is 1.74. The number of thioether (sulfide) groups is 1. The maximum Gasteiger partial charge on any atom is 0.147 e. The van der Waals surface area contributed by atoms with E-state index in [9.17, 15) is 8.42 Å². The van der Waals surface area contributed by atoms with E-state index in [2.05, 4.69) is 5.43 Å². The van der Waals surface area contributed by atoms with Crippen molar-refractivity contribution in [2.24, 2.45) is 5.84 Å². The fraction of sp³-hybridized carbons (Fsp3) is 0.500. The minimum Gasteiger partial charge on any atom is -0.271 e. The molecular weight excluding hydrogens is 268 g/mol. The average molecular weight is 288 g/mol. The van der Waals surface area contributed by atoms with Crippen LogP contribution in [-0.2, 0) is 9.84 Å². The fourth-order valence-electron chi connectivity index (χ4n) is 1.73. The monoisotopic (exact) mass is 288 g/mol. The molecular formula is C12H20N2O2S2. The molecule has 0 aliphatic carbocycles. The summed E-state index contributed by atoms with van der Waals surface area (Å²) in [4.78, 5) is 1.20. The van der Waals surface area contributed by atoms with Crippen LogP contribution in [0.3, 0.4) is 0 Å². The predicted molar refractivity (Wildman–Crippen MR) is 77.2 cm³/mol. The number of sulfone groups is 1. The summed E-state index contributed by atoms with van der Waals surface area (Å²) >= 11 is 1.69. The standard InChI is InChI=1S/C12H20N2O2S2/c1-17-11-7-5-10(6-8-11)12(14-13)4-3-9-18(2,15)16/h5-8,12,14H,3-4,9,13H2,1-2H3. The molecule has 102 valence electrons. The van der Waals surface area contributed by atoms with Gasteiger partial charge >= 0.3 is 0 Å². The Morgan fingerprint density at radius 3 is 2.39 bits per heavy atom. The summed E-state index contributed by atoms with van der Waals surface area (Å²) in [5, 5.41) is 0.